The van der Waals surface area contributed by atoms with Crippen molar-refractivity contribution in [3.63, 3.8) is 0 Å². The zero-order chi connectivity index (χ0) is 15.5. The third-order valence-electron chi connectivity index (χ3n) is 3.89. The number of rotatable bonds is 2. The SMILES string of the molecule is O=C(Nc1ccccc1F)N1CCC[C@H]1c1ccccc1Cl. The van der Waals surface area contributed by atoms with Gasteiger partial charge in [-0.1, -0.05) is 41.9 Å². The zero-order valence-electron chi connectivity index (χ0n) is 11.9. The van der Waals surface area contributed by atoms with Crippen LogP contribution in [0.5, 0.6) is 0 Å². The van der Waals surface area contributed by atoms with Gasteiger partial charge in [-0.2, -0.15) is 0 Å². The average molecular weight is 319 g/mol. The van der Waals surface area contributed by atoms with Crippen LogP contribution in [0.4, 0.5) is 14.9 Å². The average Bonchev–Trinajstić information content (AvgIpc) is 2.99. The first-order chi connectivity index (χ1) is 10.7. The quantitative estimate of drug-likeness (QED) is 0.843. The van der Waals surface area contributed by atoms with E-state index in [0.717, 1.165) is 18.4 Å². The van der Waals surface area contributed by atoms with E-state index < -0.39 is 5.82 Å². The Labute approximate surface area is 133 Å². The monoisotopic (exact) mass is 318 g/mol. The molecule has 3 rings (SSSR count). The van der Waals surface area contributed by atoms with Crippen molar-refractivity contribution in [1.29, 1.82) is 0 Å². The fourth-order valence-corrected chi connectivity index (χ4v) is 3.09. The van der Waals surface area contributed by atoms with Crippen LogP contribution in [-0.4, -0.2) is 17.5 Å². The summed E-state index contributed by atoms with van der Waals surface area (Å²) in [6.45, 7) is 0.635. The van der Waals surface area contributed by atoms with Crippen LogP contribution < -0.4 is 5.32 Å². The summed E-state index contributed by atoms with van der Waals surface area (Å²) >= 11 is 6.24. The summed E-state index contributed by atoms with van der Waals surface area (Å²) in [7, 11) is 0. The first-order valence-corrected chi connectivity index (χ1v) is 7.61. The molecule has 1 N–H and O–H groups in total. The maximum Gasteiger partial charge on any atom is 0.322 e. The zero-order valence-corrected chi connectivity index (χ0v) is 12.7. The summed E-state index contributed by atoms with van der Waals surface area (Å²) in [6.07, 6.45) is 1.76. The number of para-hydroxylation sites is 1. The molecule has 1 atom stereocenters. The van der Waals surface area contributed by atoms with E-state index in [4.69, 9.17) is 11.6 Å². The largest absolute Gasteiger partial charge is 0.322 e. The van der Waals surface area contributed by atoms with Crippen molar-refractivity contribution in [2.75, 3.05) is 11.9 Å². The van der Waals surface area contributed by atoms with Crippen molar-refractivity contribution in [3.8, 4) is 0 Å². The molecule has 0 saturated carbocycles. The number of nitrogens with one attached hydrogen (secondary N) is 1. The van der Waals surface area contributed by atoms with Gasteiger partial charge >= 0.3 is 6.03 Å². The molecule has 0 bridgehead atoms. The minimum absolute atomic E-state index is 0.0690. The maximum absolute atomic E-state index is 13.7. The number of carbonyl (C=O) groups excluding carboxylic acids is 1. The number of anilines is 1. The van der Waals surface area contributed by atoms with E-state index in [2.05, 4.69) is 5.32 Å². The molecule has 114 valence electrons. The number of halogens is 2. The van der Waals surface area contributed by atoms with Gasteiger partial charge < -0.3 is 10.2 Å². The third kappa shape index (κ3) is 2.92. The molecule has 2 aromatic rings. The number of likely N-dealkylation sites (tertiary alicyclic amines) is 1. The van der Waals surface area contributed by atoms with Crippen LogP contribution in [0.2, 0.25) is 5.02 Å². The Morgan fingerprint density at radius 3 is 2.68 bits per heavy atom. The second-order valence-corrected chi connectivity index (χ2v) is 5.69. The van der Waals surface area contributed by atoms with Crippen LogP contribution in [0.1, 0.15) is 24.4 Å². The van der Waals surface area contributed by atoms with Crippen LogP contribution in [0, 0.1) is 5.82 Å². The third-order valence-corrected chi connectivity index (χ3v) is 4.24. The van der Waals surface area contributed by atoms with Gasteiger partial charge in [-0.15, -0.1) is 0 Å². The second-order valence-electron chi connectivity index (χ2n) is 5.28. The predicted octanol–water partition coefficient (Wildman–Crippen LogP) is 4.85. The molecular formula is C17H16ClFN2O. The van der Waals surface area contributed by atoms with Gasteiger partial charge in [0.05, 0.1) is 11.7 Å². The molecule has 5 heteroatoms. The molecule has 0 unspecified atom stereocenters. The minimum atomic E-state index is -0.440. The number of benzene rings is 2. The van der Waals surface area contributed by atoms with Gasteiger partial charge in [-0.05, 0) is 36.6 Å². The van der Waals surface area contributed by atoms with E-state index in [-0.39, 0.29) is 17.8 Å². The normalized spacial score (nSPS) is 17.5. The lowest BCUT2D eigenvalue weighted by Gasteiger charge is -2.26. The van der Waals surface area contributed by atoms with Crippen LogP contribution in [0.15, 0.2) is 48.5 Å². The summed E-state index contributed by atoms with van der Waals surface area (Å²) < 4.78 is 13.7. The van der Waals surface area contributed by atoms with Crippen LogP contribution >= 0.6 is 11.6 Å². The number of carbonyl (C=O) groups is 1. The second kappa shape index (κ2) is 6.36. The highest BCUT2D eigenvalue weighted by Crippen LogP contribution is 2.36. The van der Waals surface area contributed by atoms with Crippen LogP contribution in [0.25, 0.3) is 0 Å². The topological polar surface area (TPSA) is 32.3 Å². The molecule has 1 fully saturated rings. The highest BCUT2D eigenvalue weighted by Gasteiger charge is 2.31. The lowest BCUT2D eigenvalue weighted by molar-refractivity contribution is 0.207. The smallest absolute Gasteiger partial charge is 0.317 e. The lowest BCUT2D eigenvalue weighted by Crippen LogP contribution is -2.34. The van der Waals surface area contributed by atoms with Crippen molar-refractivity contribution in [1.82, 2.24) is 4.90 Å². The predicted molar refractivity (Wildman–Crippen MR) is 85.6 cm³/mol. The fraction of sp³-hybridized carbons (Fsp3) is 0.235. The molecule has 1 aliphatic rings. The molecule has 0 aromatic heterocycles. The Bertz CT molecular complexity index is 692. The molecule has 1 heterocycles. The van der Waals surface area contributed by atoms with E-state index in [0.29, 0.717) is 11.6 Å². The van der Waals surface area contributed by atoms with Crippen molar-refractivity contribution in [3.05, 3.63) is 64.9 Å². The Morgan fingerprint density at radius 1 is 1.18 bits per heavy atom. The minimum Gasteiger partial charge on any atom is -0.317 e. The molecule has 0 spiro atoms. The Hall–Kier alpha value is -2.07. The Balaban J connectivity index is 1.80. The Kier molecular flexibility index (Phi) is 4.29. The molecule has 0 radical (unpaired) electrons. The van der Waals surface area contributed by atoms with Crippen molar-refractivity contribution in [2.45, 2.75) is 18.9 Å². The van der Waals surface area contributed by atoms with Gasteiger partial charge in [0.25, 0.3) is 0 Å². The number of hydrogen-bond donors (Lipinski definition) is 1. The summed E-state index contributed by atoms with van der Waals surface area (Å²) in [6, 6.07) is 13.3. The molecule has 0 aliphatic carbocycles. The first-order valence-electron chi connectivity index (χ1n) is 7.23. The van der Waals surface area contributed by atoms with Crippen molar-refractivity contribution < 1.29 is 9.18 Å². The van der Waals surface area contributed by atoms with E-state index >= 15 is 0 Å². The first kappa shape index (κ1) is 14.9. The van der Waals surface area contributed by atoms with Crippen LogP contribution in [-0.2, 0) is 0 Å². The fourth-order valence-electron chi connectivity index (χ4n) is 2.83. The summed E-state index contributed by atoms with van der Waals surface area (Å²) in [5.74, 6) is -0.440. The van der Waals surface area contributed by atoms with Gasteiger partial charge in [-0.3, -0.25) is 0 Å². The molecule has 2 amide bonds. The Morgan fingerprint density at radius 2 is 1.91 bits per heavy atom. The number of nitrogens with zero attached hydrogens (tertiary/aromatic N) is 1. The van der Waals surface area contributed by atoms with Crippen LogP contribution in [0.3, 0.4) is 0 Å². The number of amides is 2. The highest BCUT2D eigenvalue weighted by molar-refractivity contribution is 6.31. The maximum atomic E-state index is 13.7. The molecule has 1 aliphatic heterocycles. The van der Waals surface area contributed by atoms with E-state index in [9.17, 15) is 9.18 Å². The summed E-state index contributed by atoms with van der Waals surface area (Å²) in [4.78, 5) is 14.2. The summed E-state index contributed by atoms with van der Waals surface area (Å²) in [5, 5.41) is 3.29. The number of urea groups is 1. The standard InChI is InChI=1S/C17H16ClFN2O/c18-13-7-2-1-6-12(13)16-10-5-11-21(16)17(22)20-15-9-4-3-8-14(15)19/h1-4,6-9,16H,5,10-11H2,(H,20,22)/t16-/m0/s1. The van der Waals surface area contributed by atoms with Gasteiger partial charge in [-0.25, -0.2) is 9.18 Å². The highest BCUT2D eigenvalue weighted by atomic mass is 35.5. The van der Waals surface area contributed by atoms with Crippen molar-refractivity contribution >= 4 is 23.3 Å². The molecular weight excluding hydrogens is 303 g/mol. The molecule has 22 heavy (non-hydrogen) atoms. The van der Waals surface area contributed by atoms with Crippen molar-refractivity contribution in [2.24, 2.45) is 0 Å². The van der Waals surface area contributed by atoms with E-state index in [1.54, 1.807) is 23.1 Å². The van der Waals surface area contributed by atoms with E-state index in [1.807, 2.05) is 24.3 Å². The van der Waals surface area contributed by atoms with Gasteiger partial charge in [0.2, 0.25) is 0 Å². The lowest BCUT2D eigenvalue weighted by atomic mass is 10.0. The molecule has 2 aromatic carbocycles. The van der Waals surface area contributed by atoms with Gasteiger partial charge in [0.15, 0.2) is 0 Å². The van der Waals surface area contributed by atoms with Gasteiger partial charge in [0.1, 0.15) is 5.82 Å². The summed E-state index contributed by atoms with van der Waals surface area (Å²) in [5.41, 5.74) is 1.13. The number of hydrogen-bond acceptors (Lipinski definition) is 1. The molecule has 1 saturated heterocycles. The van der Waals surface area contributed by atoms with E-state index in [1.165, 1.54) is 6.07 Å². The molecule has 3 nitrogen and oxygen atoms in total. The van der Waals surface area contributed by atoms with Gasteiger partial charge in [0, 0.05) is 11.6 Å².